The van der Waals surface area contributed by atoms with Gasteiger partial charge in [0.15, 0.2) is 6.61 Å². The molecule has 1 aliphatic rings. The Morgan fingerprint density at radius 3 is 2.68 bits per heavy atom. The van der Waals surface area contributed by atoms with Gasteiger partial charge in [-0.3, -0.25) is 4.98 Å². The highest BCUT2D eigenvalue weighted by atomic mass is 32.2. The minimum Gasteiger partial charge on any atom is -0.388 e. The molecule has 1 N–H and O–H groups in total. The van der Waals surface area contributed by atoms with E-state index in [-0.39, 0.29) is 11.5 Å². The van der Waals surface area contributed by atoms with Crippen LogP contribution in [-0.4, -0.2) is 46.5 Å². The summed E-state index contributed by atoms with van der Waals surface area (Å²) < 4.78 is 27.9. The summed E-state index contributed by atoms with van der Waals surface area (Å²) in [4.78, 5) is 17.6. The summed E-state index contributed by atoms with van der Waals surface area (Å²) in [6, 6.07) is 16.7. The van der Waals surface area contributed by atoms with Gasteiger partial charge in [-0.15, -0.1) is 0 Å². The van der Waals surface area contributed by atoms with Gasteiger partial charge in [0.05, 0.1) is 22.3 Å². The number of aromatic amines is 1. The highest BCUT2D eigenvalue weighted by molar-refractivity contribution is 7.89. The van der Waals surface area contributed by atoms with Crippen LogP contribution in [0.15, 0.2) is 70.8 Å². The maximum absolute atomic E-state index is 13.2. The molecule has 0 amide bonds. The lowest BCUT2D eigenvalue weighted by Crippen LogP contribution is -2.38. The van der Waals surface area contributed by atoms with Crippen LogP contribution < -0.4 is 0 Å². The summed E-state index contributed by atoms with van der Waals surface area (Å²) in [7, 11) is -3.63. The van der Waals surface area contributed by atoms with Crippen LogP contribution in [0.25, 0.3) is 21.9 Å². The maximum atomic E-state index is 13.2. The summed E-state index contributed by atoms with van der Waals surface area (Å²) in [6.07, 6.45) is 2.66. The van der Waals surface area contributed by atoms with Gasteiger partial charge in [0.2, 0.25) is 10.0 Å². The largest absolute Gasteiger partial charge is 0.388 e. The molecule has 4 aromatic rings. The Hall–Kier alpha value is -3.30. The van der Waals surface area contributed by atoms with E-state index in [0.29, 0.717) is 37.3 Å². The van der Waals surface area contributed by atoms with Crippen molar-refractivity contribution in [2.45, 2.75) is 24.3 Å². The van der Waals surface area contributed by atoms with E-state index < -0.39 is 10.0 Å². The molecule has 2 aromatic heterocycles. The third-order valence-electron chi connectivity index (χ3n) is 5.35. The first-order valence-electron chi connectivity index (χ1n) is 10.1. The number of pyridine rings is 1. The van der Waals surface area contributed by atoms with E-state index in [9.17, 15) is 8.42 Å². The highest BCUT2D eigenvalue weighted by Crippen LogP contribution is 2.26. The van der Waals surface area contributed by atoms with E-state index in [1.54, 1.807) is 24.4 Å². The van der Waals surface area contributed by atoms with Crippen LogP contribution in [0.4, 0.5) is 0 Å². The van der Waals surface area contributed by atoms with Crippen LogP contribution in [0.2, 0.25) is 0 Å². The van der Waals surface area contributed by atoms with Crippen molar-refractivity contribution in [3.8, 4) is 0 Å². The van der Waals surface area contributed by atoms with Crippen molar-refractivity contribution in [2.75, 3.05) is 13.1 Å². The first kappa shape index (κ1) is 19.7. The first-order valence-corrected chi connectivity index (χ1v) is 11.5. The minimum atomic E-state index is -3.63. The summed E-state index contributed by atoms with van der Waals surface area (Å²) in [5.74, 6) is 0.703. The molecule has 31 heavy (non-hydrogen) atoms. The van der Waals surface area contributed by atoms with Crippen molar-refractivity contribution in [1.29, 1.82) is 0 Å². The van der Waals surface area contributed by atoms with Crippen LogP contribution in [0.1, 0.15) is 18.7 Å². The summed E-state index contributed by atoms with van der Waals surface area (Å²) >= 11 is 0. The van der Waals surface area contributed by atoms with E-state index >= 15 is 0 Å². The molecular formula is C22H21N5O3S. The molecule has 0 unspecified atom stereocenters. The van der Waals surface area contributed by atoms with E-state index in [1.165, 1.54) is 4.31 Å². The summed E-state index contributed by atoms with van der Waals surface area (Å²) in [5.41, 5.74) is 3.18. The molecule has 0 aliphatic carbocycles. The zero-order valence-electron chi connectivity index (χ0n) is 16.7. The van der Waals surface area contributed by atoms with E-state index in [0.717, 1.165) is 22.1 Å². The topological polar surface area (TPSA) is 101 Å². The molecule has 0 atom stereocenters. The van der Waals surface area contributed by atoms with Crippen molar-refractivity contribution in [3.63, 3.8) is 0 Å². The molecule has 2 aromatic carbocycles. The number of benzene rings is 2. The molecule has 1 aliphatic heterocycles. The van der Waals surface area contributed by atoms with Crippen LogP contribution in [0.3, 0.4) is 0 Å². The van der Waals surface area contributed by atoms with E-state index in [2.05, 4.69) is 20.1 Å². The number of hydrogen-bond donors (Lipinski definition) is 1. The van der Waals surface area contributed by atoms with Gasteiger partial charge in [-0.1, -0.05) is 35.5 Å². The average molecular weight is 436 g/mol. The second-order valence-electron chi connectivity index (χ2n) is 7.37. The molecule has 3 heterocycles. The van der Waals surface area contributed by atoms with Crippen LogP contribution in [0.5, 0.6) is 0 Å². The molecule has 0 bridgehead atoms. The smallest absolute Gasteiger partial charge is 0.245 e. The quantitative estimate of drug-likeness (QED) is 0.484. The van der Waals surface area contributed by atoms with Gasteiger partial charge in [0, 0.05) is 37.5 Å². The molecule has 9 heteroatoms. The second-order valence-corrected chi connectivity index (χ2v) is 9.27. The van der Waals surface area contributed by atoms with E-state index in [4.69, 9.17) is 4.84 Å². The molecule has 0 radical (unpaired) electrons. The monoisotopic (exact) mass is 435 g/mol. The number of hydrogen-bond acceptors (Lipinski definition) is 6. The fourth-order valence-electron chi connectivity index (χ4n) is 3.76. The van der Waals surface area contributed by atoms with Gasteiger partial charge in [-0.05, 0) is 24.3 Å². The number of rotatable bonds is 5. The average Bonchev–Trinajstić information content (AvgIpc) is 3.22. The number of para-hydroxylation sites is 3. The number of oxime groups is 1. The summed E-state index contributed by atoms with van der Waals surface area (Å²) in [5, 5.41) is 5.02. The molecule has 0 saturated carbocycles. The number of imidazole rings is 1. The van der Waals surface area contributed by atoms with Gasteiger partial charge >= 0.3 is 0 Å². The molecule has 1 saturated heterocycles. The van der Waals surface area contributed by atoms with Crippen molar-refractivity contribution in [2.24, 2.45) is 5.16 Å². The molecule has 1 fully saturated rings. The normalized spacial score (nSPS) is 15.4. The third-order valence-corrected chi connectivity index (χ3v) is 7.28. The van der Waals surface area contributed by atoms with Gasteiger partial charge in [-0.25, -0.2) is 13.4 Å². The predicted molar refractivity (Wildman–Crippen MR) is 118 cm³/mol. The van der Waals surface area contributed by atoms with Crippen LogP contribution in [0, 0.1) is 0 Å². The molecule has 158 valence electrons. The zero-order chi connectivity index (χ0) is 21.3. The lowest BCUT2D eigenvalue weighted by atomic mass is 10.1. The molecule has 0 spiro atoms. The molecule has 8 nitrogen and oxygen atoms in total. The standard InChI is InChI=1S/C22H21N5O3S/c28-31(29,20-9-3-5-16-6-4-12-23-22(16)20)27-13-10-17(11-14-27)26-30-15-21-24-18-7-1-2-8-19(18)25-21/h1-9,12H,10-11,13-15H2,(H,24,25). The Morgan fingerprint density at radius 1 is 1.03 bits per heavy atom. The SMILES string of the molecule is O=S(=O)(c1cccc2cccnc12)N1CCC(=NOCc2nc3ccccc3[nH]2)CC1. The van der Waals surface area contributed by atoms with Gasteiger partial charge in [0.1, 0.15) is 10.7 Å². The molecule has 5 rings (SSSR count). The number of sulfonamides is 1. The highest BCUT2D eigenvalue weighted by Gasteiger charge is 2.29. The zero-order valence-corrected chi connectivity index (χ0v) is 17.5. The van der Waals surface area contributed by atoms with Crippen LogP contribution in [-0.2, 0) is 21.5 Å². The fourth-order valence-corrected chi connectivity index (χ4v) is 5.37. The van der Waals surface area contributed by atoms with Crippen LogP contribution >= 0.6 is 0 Å². The second kappa shape index (κ2) is 8.09. The Kier molecular flexibility index (Phi) is 5.13. The number of aromatic nitrogens is 3. The third kappa shape index (κ3) is 3.89. The van der Waals surface area contributed by atoms with Gasteiger partial charge in [0.25, 0.3) is 0 Å². The van der Waals surface area contributed by atoms with E-state index in [1.807, 2.05) is 36.4 Å². The van der Waals surface area contributed by atoms with Crippen molar-refractivity contribution in [1.82, 2.24) is 19.3 Å². The van der Waals surface area contributed by atoms with Crippen molar-refractivity contribution < 1.29 is 13.3 Å². The number of nitrogens with zero attached hydrogens (tertiary/aromatic N) is 4. The lowest BCUT2D eigenvalue weighted by molar-refractivity contribution is 0.123. The maximum Gasteiger partial charge on any atom is 0.245 e. The Labute approximate surface area is 179 Å². The fraction of sp³-hybridized carbons (Fsp3) is 0.227. The van der Waals surface area contributed by atoms with Crippen molar-refractivity contribution >= 4 is 37.7 Å². The number of H-pyrrole nitrogens is 1. The number of fused-ring (bicyclic) bond motifs is 2. The minimum absolute atomic E-state index is 0.238. The number of piperidine rings is 1. The Morgan fingerprint density at radius 2 is 1.84 bits per heavy atom. The Bertz CT molecular complexity index is 1330. The summed E-state index contributed by atoms with van der Waals surface area (Å²) in [6.45, 7) is 0.957. The predicted octanol–water partition coefficient (Wildman–Crippen LogP) is 3.47. The lowest BCUT2D eigenvalue weighted by Gasteiger charge is -2.27. The number of nitrogens with one attached hydrogen (secondary N) is 1. The van der Waals surface area contributed by atoms with Gasteiger partial charge in [-0.2, -0.15) is 4.31 Å². The Balaban J connectivity index is 1.24. The van der Waals surface area contributed by atoms with Crippen molar-refractivity contribution in [3.05, 3.63) is 66.6 Å². The molecular weight excluding hydrogens is 414 g/mol. The first-order chi connectivity index (χ1) is 15.1. The van der Waals surface area contributed by atoms with Gasteiger partial charge < -0.3 is 9.82 Å².